The van der Waals surface area contributed by atoms with Crippen LogP contribution in [0.2, 0.25) is 0 Å². The highest BCUT2D eigenvalue weighted by atomic mass is 16.1. The van der Waals surface area contributed by atoms with Gasteiger partial charge in [-0.3, -0.25) is 9.59 Å². The molecule has 0 radical (unpaired) electrons. The maximum Gasteiger partial charge on any atom is 0.251 e. The number of rotatable bonds is 4. The smallest absolute Gasteiger partial charge is 0.251 e. The quantitative estimate of drug-likeness (QED) is 0.682. The highest BCUT2D eigenvalue weighted by molar-refractivity contribution is 6.07. The van der Waals surface area contributed by atoms with E-state index in [1.54, 1.807) is 37.4 Å². The molecule has 20 heavy (non-hydrogen) atoms. The molecule has 1 N–H and O–H groups in total. The summed E-state index contributed by atoms with van der Waals surface area (Å²) in [5.41, 5.74) is 2.07. The van der Waals surface area contributed by atoms with Crippen LogP contribution in [-0.2, 0) is 0 Å². The van der Waals surface area contributed by atoms with Gasteiger partial charge >= 0.3 is 0 Å². The number of nitrogens with one attached hydrogen (secondary N) is 1. The first-order valence-electron chi connectivity index (χ1n) is 6.30. The third-order valence-electron chi connectivity index (χ3n) is 2.89. The number of carbonyl (C=O) groups excluding carboxylic acids is 2. The van der Waals surface area contributed by atoms with Gasteiger partial charge in [0.05, 0.1) is 0 Å². The van der Waals surface area contributed by atoms with Gasteiger partial charge in [0.1, 0.15) is 0 Å². The fraction of sp³-hybridized carbons (Fsp3) is 0.0588. The number of hydrogen-bond acceptors (Lipinski definition) is 2. The molecule has 0 aliphatic carbocycles. The van der Waals surface area contributed by atoms with E-state index in [0.29, 0.717) is 11.1 Å². The Morgan fingerprint density at radius 3 is 2.10 bits per heavy atom. The lowest BCUT2D eigenvalue weighted by Gasteiger charge is -2.00. The molecule has 3 nitrogen and oxygen atoms in total. The van der Waals surface area contributed by atoms with E-state index in [0.717, 1.165) is 5.56 Å². The molecule has 0 aliphatic heterocycles. The number of ketones is 1. The minimum Gasteiger partial charge on any atom is -0.355 e. The second kappa shape index (κ2) is 6.48. The molecule has 3 heteroatoms. The van der Waals surface area contributed by atoms with Gasteiger partial charge in [0.15, 0.2) is 5.78 Å². The van der Waals surface area contributed by atoms with E-state index < -0.39 is 0 Å². The van der Waals surface area contributed by atoms with Gasteiger partial charge < -0.3 is 5.32 Å². The third kappa shape index (κ3) is 3.42. The monoisotopic (exact) mass is 265 g/mol. The van der Waals surface area contributed by atoms with Crippen molar-refractivity contribution in [2.24, 2.45) is 0 Å². The molecule has 0 saturated carbocycles. The summed E-state index contributed by atoms with van der Waals surface area (Å²) in [7, 11) is 1.57. The normalized spacial score (nSPS) is 10.4. The fourth-order valence-electron chi connectivity index (χ4n) is 1.76. The maximum absolute atomic E-state index is 12.0. The molecule has 0 fully saturated rings. The highest BCUT2D eigenvalue weighted by Gasteiger charge is 2.05. The van der Waals surface area contributed by atoms with E-state index in [2.05, 4.69) is 5.32 Å². The molecule has 2 rings (SSSR count). The fourth-order valence-corrected chi connectivity index (χ4v) is 1.76. The molecule has 0 bridgehead atoms. The number of allylic oxidation sites excluding steroid dienone is 1. The van der Waals surface area contributed by atoms with Crippen LogP contribution in [0.3, 0.4) is 0 Å². The summed E-state index contributed by atoms with van der Waals surface area (Å²) in [6.45, 7) is 0. The van der Waals surface area contributed by atoms with Gasteiger partial charge in [0.2, 0.25) is 0 Å². The average Bonchev–Trinajstić information content (AvgIpc) is 2.53. The Morgan fingerprint density at radius 1 is 0.900 bits per heavy atom. The Hall–Kier alpha value is -2.68. The summed E-state index contributed by atoms with van der Waals surface area (Å²) in [4.78, 5) is 23.4. The number of carbonyl (C=O) groups is 2. The molecule has 1 amide bonds. The summed E-state index contributed by atoms with van der Waals surface area (Å²) in [6, 6.07) is 16.2. The van der Waals surface area contributed by atoms with E-state index in [-0.39, 0.29) is 11.7 Å². The second-order valence-corrected chi connectivity index (χ2v) is 4.26. The molecule has 2 aromatic carbocycles. The zero-order valence-electron chi connectivity index (χ0n) is 11.2. The average molecular weight is 265 g/mol. The van der Waals surface area contributed by atoms with Crippen LogP contribution in [0.1, 0.15) is 26.3 Å². The summed E-state index contributed by atoms with van der Waals surface area (Å²) in [6.07, 6.45) is 3.30. The molecule has 100 valence electrons. The first-order valence-corrected chi connectivity index (χ1v) is 6.30. The summed E-state index contributed by atoms with van der Waals surface area (Å²) in [5, 5.41) is 2.54. The second-order valence-electron chi connectivity index (χ2n) is 4.26. The molecular weight excluding hydrogens is 250 g/mol. The van der Waals surface area contributed by atoms with E-state index in [1.165, 1.54) is 6.08 Å². The van der Waals surface area contributed by atoms with Crippen LogP contribution >= 0.6 is 0 Å². The van der Waals surface area contributed by atoms with Crippen LogP contribution in [0, 0.1) is 0 Å². The van der Waals surface area contributed by atoms with Gasteiger partial charge in [-0.05, 0) is 23.8 Å². The molecule has 0 aliphatic rings. The number of amides is 1. The number of hydrogen-bond donors (Lipinski definition) is 1. The first-order chi connectivity index (χ1) is 9.70. The molecule has 0 spiro atoms. The van der Waals surface area contributed by atoms with E-state index >= 15 is 0 Å². The van der Waals surface area contributed by atoms with Crippen molar-refractivity contribution in [3.05, 3.63) is 77.4 Å². The highest BCUT2D eigenvalue weighted by Crippen LogP contribution is 2.08. The Morgan fingerprint density at radius 2 is 1.50 bits per heavy atom. The van der Waals surface area contributed by atoms with E-state index in [4.69, 9.17) is 0 Å². The Labute approximate surface area is 117 Å². The van der Waals surface area contributed by atoms with Crippen molar-refractivity contribution in [2.45, 2.75) is 0 Å². The zero-order valence-corrected chi connectivity index (χ0v) is 11.2. The predicted octanol–water partition coefficient (Wildman–Crippen LogP) is 2.94. The van der Waals surface area contributed by atoms with Gasteiger partial charge in [-0.15, -0.1) is 0 Å². The molecular formula is C17H15NO2. The molecule has 0 unspecified atom stereocenters. The van der Waals surface area contributed by atoms with Crippen LogP contribution in [0.5, 0.6) is 0 Å². The van der Waals surface area contributed by atoms with Crippen molar-refractivity contribution in [3.63, 3.8) is 0 Å². The van der Waals surface area contributed by atoms with Gasteiger partial charge in [0, 0.05) is 18.2 Å². The van der Waals surface area contributed by atoms with E-state index in [1.807, 2.05) is 30.3 Å². The third-order valence-corrected chi connectivity index (χ3v) is 2.89. The van der Waals surface area contributed by atoms with E-state index in [9.17, 15) is 9.59 Å². The number of benzene rings is 2. The molecule has 2 aromatic rings. The summed E-state index contributed by atoms with van der Waals surface area (Å²) in [5.74, 6) is -0.249. The summed E-state index contributed by atoms with van der Waals surface area (Å²) < 4.78 is 0. The lowest BCUT2D eigenvalue weighted by molar-refractivity contribution is 0.0961. The summed E-state index contributed by atoms with van der Waals surface area (Å²) >= 11 is 0. The molecule has 0 aromatic heterocycles. The van der Waals surface area contributed by atoms with Gasteiger partial charge in [0.25, 0.3) is 5.91 Å². The molecule has 0 heterocycles. The van der Waals surface area contributed by atoms with Crippen LogP contribution < -0.4 is 5.32 Å². The van der Waals surface area contributed by atoms with Crippen molar-refractivity contribution in [3.8, 4) is 0 Å². The lowest BCUT2D eigenvalue weighted by Crippen LogP contribution is -2.17. The maximum atomic E-state index is 12.0. The molecule has 0 atom stereocenters. The van der Waals surface area contributed by atoms with Crippen molar-refractivity contribution in [1.82, 2.24) is 5.32 Å². The van der Waals surface area contributed by atoms with Gasteiger partial charge in [-0.25, -0.2) is 0 Å². The van der Waals surface area contributed by atoms with Crippen LogP contribution in [0.15, 0.2) is 60.7 Å². The van der Waals surface area contributed by atoms with Gasteiger partial charge in [-0.2, -0.15) is 0 Å². The Bertz CT molecular complexity index is 628. The minimum atomic E-state index is -0.163. The predicted molar refractivity (Wildman–Crippen MR) is 79.6 cm³/mol. The Balaban J connectivity index is 2.10. The van der Waals surface area contributed by atoms with Crippen LogP contribution in [-0.4, -0.2) is 18.7 Å². The van der Waals surface area contributed by atoms with Crippen molar-refractivity contribution < 1.29 is 9.59 Å². The first kappa shape index (κ1) is 13.7. The SMILES string of the molecule is CNC(=O)c1ccc(C(=O)/C=C/c2ccccc2)cc1. The van der Waals surface area contributed by atoms with Crippen molar-refractivity contribution in [2.75, 3.05) is 7.05 Å². The van der Waals surface area contributed by atoms with Gasteiger partial charge in [-0.1, -0.05) is 48.5 Å². The lowest BCUT2D eigenvalue weighted by atomic mass is 10.1. The largest absolute Gasteiger partial charge is 0.355 e. The molecule has 0 saturated heterocycles. The standard InChI is InChI=1S/C17H15NO2/c1-18-17(20)15-10-8-14(9-11-15)16(19)12-7-13-5-3-2-4-6-13/h2-12H,1H3,(H,18,20)/b12-7+. The minimum absolute atomic E-state index is 0.0858. The van der Waals surface area contributed by atoms with Crippen LogP contribution in [0.4, 0.5) is 0 Å². The Kier molecular flexibility index (Phi) is 4.45. The van der Waals surface area contributed by atoms with Crippen LogP contribution in [0.25, 0.3) is 6.08 Å². The topological polar surface area (TPSA) is 46.2 Å². The van der Waals surface area contributed by atoms with Crippen molar-refractivity contribution in [1.29, 1.82) is 0 Å². The van der Waals surface area contributed by atoms with Crippen molar-refractivity contribution >= 4 is 17.8 Å². The zero-order chi connectivity index (χ0) is 14.4.